The summed E-state index contributed by atoms with van der Waals surface area (Å²) in [6.07, 6.45) is 4.04. The summed E-state index contributed by atoms with van der Waals surface area (Å²) >= 11 is 0. The predicted molar refractivity (Wildman–Crippen MR) is 83.9 cm³/mol. The molecule has 0 radical (unpaired) electrons. The molecule has 1 heterocycles. The highest BCUT2D eigenvalue weighted by atomic mass is 16.5. The molecule has 0 unspecified atom stereocenters. The quantitative estimate of drug-likeness (QED) is 0.830. The van der Waals surface area contributed by atoms with Gasteiger partial charge in [-0.25, -0.2) is 4.98 Å². The minimum atomic E-state index is -0.378. The zero-order valence-electron chi connectivity index (χ0n) is 12.4. The second kappa shape index (κ2) is 6.87. The van der Waals surface area contributed by atoms with Crippen molar-refractivity contribution in [1.82, 2.24) is 4.98 Å². The molecular formula is C17H17NO4. The van der Waals surface area contributed by atoms with Gasteiger partial charge < -0.3 is 14.9 Å². The van der Waals surface area contributed by atoms with Crippen molar-refractivity contribution in [3.8, 4) is 11.5 Å². The van der Waals surface area contributed by atoms with Crippen LogP contribution in [0.4, 0.5) is 0 Å². The van der Waals surface area contributed by atoms with Gasteiger partial charge in [-0.3, -0.25) is 4.79 Å². The number of aldehydes is 1. The third kappa shape index (κ3) is 3.15. The highest BCUT2D eigenvalue weighted by Gasteiger charge is 2.14. The standard InChI is InChI=1S/C17H17NO4/c1-11-17(21)15(10-20)14(9-19)16(18-11)8-5-12-3-6-13(22-2)7-4-12/h3-8,10,19,21H,9H2,1-2H3/b8-5+. The van der Waals surface area contributed by atoms with Crippen LogP contribution in [-0.4, -0.2) is 28.6 Å². The number of methoxy groups -OCH3 is 1. The molecular weight excluding hydrogens is 282 g/mol. The van der Waals surface area contributed by atoms with Gasteiger partial charge in [-0.2, -0.15) is 0 Å². The van der Waals surface area contributed by atoms with Crippen LogP contribution in [0.3, 0.4) is 0 Å². The van der Waals surface area contributed by atoms with Gasteiger partial charge in [-0.05, 0) is 30.7 Å². The summed E-state index contributed by atoms with van der Waals surface area (Å²) < 4.78 is 5.09. The molecule has 0 spiro atoms. The maximum absolute atomic E-state index is 11.1. The van der Waals surface area contributed by atoms with Crippen molar-refractivity contribution in [2.75, 3.05) is 7.11 Å². The number of ether oxygens (including phenoxy) is 1. The van der Waals surface area contributed by atoms with Crippen LogP contribution in [-0.2, 0) is 6.61 Å². The molecule has 0 aliphatic carbocycles. The summed E-state index contributed by atoms with van der Waals surface area (Å²) in [6, 6.07) is 7.42. The second-order valence-electron chi connectivity index (χ2n) is 4.71. The number of carbonyl (C=O) groups is 1. The summed E-state index contributed by atoms with van der Waals surface area (Å²) in [6.45, 7) is 1.23. The van der Waals surface area contributed by atoms with Crippen molar-refractivity contribution in [3.05, 3.63) is 52.3 Å². The van der Waals surface area contributed by atoms with Crippen LogP contribution >= 0.6 is 0 Å². The molecule has 0 amide bonds. The first-order valence-corrected chi connectivity index (χ1v) is 6.71. The fourth-order valence-electron chi connectivity index (χ4n) is 2.10. The van der Waals surface area contributed by atoms with E-state index in [9.17, 15) is 15.0 Å². The zero-order chi connectivity index (χ0) is 16.1. The van der Waals surface area contributed by atoms with E-state index >= 15 is 0 Å². The Bertz CT molecular complexity index is 706. The van der Waals surface area contributed by atoms with Gasteiger partial charge in [0.2, 0.25) is 0 Å². The predicted octanol–water partition coefficient (Wildman–Crippen LogP) is 2.58. The minimum absolute atomic E-state index is 0.0735. The van der Waals surface area contributed by atoms with Crippen LogP contribution in [0.5, 0.6) is 11.5 Å². The van der Waals surface area contributed by atoms with Crippen LogP contribution in [0.25, 0.3) is 12.2 Å². The summed E-state index contributed by atoms with van der Waals surface area (Å²) in [5, 5.41) is 19.3. The van der Waals surface area contributed by atoms with Crippen LogP contribution < -0.4 is 4.74 Å². The number of aromatic hydroxyl groups is 1. The van der Waals surface area contributed by atoms with E-state index < -0.39 is 0 Å². The van der Waals surface area contributed by atoms with Gasteiger partial charge >= 0.3 is 0 Å². The number of pyridine rings is 1. The normalized spacial score (nSPS) is 10.9. The minimum Gasteiger partial charge on any atom is -0.505 e. The van der Waals surface area contributed by atoms with E-state index in [2.05, 4.69) is 4.98 Å². The molecule has 0 atom stereocenters. The molecule has 1 aromatic carbocycles. The molecule has 5 nitrogen and oxygen atoms in total. The lowest BCUT2D eigenvalue weighted by molar-refractivity contribution is 0.111. The summed E-state index contributed by atoms with van der Waals surface area (Å²) in [4.78, 5) is 15.3. The fraction of sp³-hybridized carbons (Fsp3) is 0.176. The zero-order valence-corrected chi connectivity index (χ0v) is 12.4. The van der Waals surface area contributed by atoms with Crippen molar-refractivity contribution >= 4 is 18.4 Å². The molecule has 0 bridgehead atoms. The molecule has 2 aromatic rings. The molecule has 0 saturated carbocycles. The van der Waals surface area contributed by atoms with Crippen molar-refractivity contribution in [1.29, 1.82) is 0 Å². The third-order valence-electron chi connectivity index (χ3n) is 3.35. The monoisotopic (exact) mass is 299 g/mol. The highest BCUT2D eigenvalue weighted by molar-refractivity contribution is 5.84. The first-order valence-electron chi connectivity index (χ1n) is 6.71. The third-order valence-corrected chi connectivity index (χ3v) is 3.35. The molecule has 0 aliphatic heterocycles. The lowest BCUT2D eigenvalue weighted by Gasteiger charge is -2.10. The van der Waals surface area contributed by atoms with Crippen LogP contribution in [0.2, 0.25) is 0 Å². The number of nitrogens with zero attached hydrogens (tertiary/aromatic N) is 1. The summed E-state index contributed by atoms with van der Waals surface area (Å²) in [5.41, 5.74) is 2.10. The number of carbonyl (C=O) groups excluding carboxylic acids is 1. The van der Waals surface area contributed by atoms with Crippen molar-refractivity contribution in [2.24, 2.45) is 0 Å². The Hall–Kier alpha value is -2.66. The molecule has 0 saturated heterocycles. The van der Waals surface area contributed by atoms with Crippen molar-refractivity contribution < 1.29 is 19.7 Å². The summed E-state index contributed by atoms with van der Waals surface area (Å²) in [5.74, 6) is 0.565. The Balaban J connectivity index is 2.41. The van der Waals surface area contributed by atoms with Gasteiger partial charge in [0, 0.05) is 5.56 Å². The number of hydrogen-bond donors (Lipinski definition) is 2. The van der Waals surface area contributed by atoms with E-state index in [4.69, 9.17) is 4.74 Å². The van der Waals surface area contributed by atoms with Crippen LogP contribution in [0, 0.1) is 6.92 Å². The highest BCUT2D eigenvalue weighted by Crippen LogP contribution is 2.26. The first kappa shape index (κ1) is 15.7. The Kier molecular flexibility index (Phi) is 4.91. The van der Waals surface area contributed by atoms with E-state index in [1.54, 1.807) is 20.1 Å². The Morgan fingerprint density at radius 1 is 1.23 bits per heavy atom. The van der Waals surface area contributed by atoms with Crippen LogP contribution in [0.1, 0.15) is 32.9 Å². The van der Waals surface area contributed by atoms with Crippen molar-refractivity contribution in [3.63, 3.8) is 0 Å². The average Bonchev–Trinajstić information content (AvgIpc) is 2.55. The Morgan fingerprint density at radius 3 is 2.45 bits per heavy atom. The van der Waals surface area contributed by atoms with Gasteiger partial charge in [0.1, 0.15) is 11.5 Å². The second-order valence-corrected chi connectivity index (χ2v) is 4.71. The molecule has 0 aliphatic rings. The van der Waals surface area contributed by atoms with E-state index in [1.807, 2.05) is 30.3 Å². The molecule has 22 heavy (non-hydrogen) atoms. The SMILES string of the molecule is COc1ccc(/C=C/c2nc(C)c(O)c(C=O)c2CO)cc1. The molecule has 2 rings (SSSR count). The van der Waals surface area contributed by atoms with Crippen molar-refractivity contribution in [2.45, 2.75) is 13.5 Å². The Labute approximate surface area is 128 Å². The fourth-order valence-corrected chi connectivity index (χ4v) is 2.10. The molecule has 5 heteroatoms. The molecule has 2 N–H and O–H groups in total. The lowest BCUT2D eigenvalue weighted by Crippen LogP contribution is -2.02. The molecule has 0 fully saturated rings. The van der Waals surface area contributed by atoms with Gasteiger partial charge in [0.05, 0.1) is 30.7 Å². The number of rotatable bonds is 5. The number of aliphatic hydroxyl groups excluding tert-OH is 1. The smallest absolute Gasteiger partial charge is 0.154 e. The number of benzene rings is 1. The van der Waals surface area contributed by atoms with E-state index in [0.717, 1.165) is 11.3 Å². The molecule has 1 aromatic heterocycles. The lowest BCUT2D eigenvalue weighted by atomic mass is 10.0. The van der Waals surface area contributed by atoms with Gasteiger partial charge in [0.25, 0.3) is 0 Å². The maximum Gasteiger partial charge on any atom is 0.154 e. The summed E-state index contributed by atoms with van der Waals surface area (Å²) in [7, 11) is 1.60. The Morgan fingerprint density at radius 2 is 1.91 bits per heavy atom. The van der Waals surface area contributed by atoms with Gasteiger partial charge in [-0.1, -0.05) is 18.2 Å². The number of aromatic nitrogens is 1. The largest absolute Gasteiger partial charge is 0.505 e. The molecule has 114 valence electrons. The van der Waals surface area contributed by atoms with Crippen LogP contribution in [0.15, 0.2) is 24.3 Å². The topological polar surface area (TPSA) is 79.7 Å². The first-order chi connectivity index (χ1) is 10.6. The maximum atomic E-state index is 11.1. The average molecular weight is 299 g/mol. The van der Waals surface area contributed by atoms with E-state index in [0.29, 0.717) is 23.2 Å². The van der Waals surface area contributed by atoms with Gasteiger partial charge in [0.15, 0.2) is 6.29 Å². The van der Waals surface area contributed by atoms with E-state index in [-0.39, 0.29) is 17.9 Å². The van der Waals surface area contributed by atoms with E-state index in [1.165, 1.54) is 0 Å². The number of aryl methyl sites for hydroxylation is 1. The van der Waals surface area contributed by atoms with Gasteiger partial charge in [-0.15, -0.1) is 0 Å². The number of hydrogen-bond acceptors (Lipinski definition) is 5. The number of aliphatic hydroxyl groups is 1.